The van der Waals surface area contributed by atoms with Crippen molar-refractivity contribution in [3.63, 3.8) is 0 Å². The molecule has 0 bridgehead atoms. The van der Waals surface area contributed by atoms with Crippen LogP contribution in [0.25, 0.3) is 0 Å². The molecule has 5 nitrogen and oxygen atoms in total. The van der Waals surface area contributed by atoms with Crippen molar-refractivity contribution in [1.29, 1.82) is 0 Å². The highest BCUT2D eigenvalue weighted by Gasteiger charge is 2.23. The fourth-order valence-electron chi connectivity index (χ4n) is 2.53. The second-order valence-electron chi connectivity index (χ2n) is 4.97. The van der Waals surface area contributed by atoms with Gasteiger partial charge in [0, 0.05) is 16.3 Å². The predicted molar refractivity (Wildman–Crippen MR) is 73.0 cm³/mol. The van der Waals surface area contributed by atoms with Crippen LogP contribution in [0.4, 0.5) is 0 Å². The van der Waals surface area contributed by atoms with E-state index in [9.17, 15) is 9.59 Å². The van der Waals surface area contributed by atoms with Gasteiger partial charge in [0.05, 0.1) is 13.1 Å². The van der Waals surface area contributed by atoms with Crippen LogP contribution in [0, 0.1) is 0 Å². The molecule has 2 amide bonds. The average Bonchev–Trinajstić information content (AvgIpc) is 2.97. The Bertz CT molecular complexity index is 480. The number of amides is 2. The van der Waals surface area contributed by atoms with Crippen LogP contribution in [0.5, 0.6) is 0 Å². The van der Waals surface area contributed by atoms with E-state index in [0.717, 1.165) is 0 Å². The lowest BCUT2D eigenvalue weighted by molar-refractivity contribution is -0.126. The SMILES string of the molecule is O=C1CNC(C(=O)NCc2cc3c(s2)CCC3)CN1. The molecule has 1 atom stereocenters. The third kappa shape index (κ3) is 2.79. The standard InChI is InChI=1S/C13H17N3O2S/c17-12-7-14-10(6-15-12)13(18)16-5-9-4-8-2-1-3-11(8)19-9/h4,10,14H,1-3,5-7H2,(H,15,17)(H,16,18). The van der Waals surface area contributed by atoms with Crippen LogP contribution < -0.4 is 16.0 Å². The van der Waals surface area contributed by atoms with Crippen LogP contribution >= 0.6 is 11.3 Å². The van der Waals surface area contributed by atoms with Gasteiger partial charge in [0.2, 0.25) is 11.8 Å². The van der Waals surface area contributed by atoms with Crippen molar-refractivity contribution in [2.45, 2.75) is 31.8 Å². The van der Waals surface area contributed by atoms with Gasteiger partial charge in [0.15, 0.2) is 0 Å². The quantitative estimate of drug-likeness (QED) is 0.726. The van der Waals surface area contributed by atoms with Gasteiger partial charge in [0.1, 0.15) is 6.04 Å². The van der Waals surface area contributed by atoms with Crippen molar-refractivity contribution >= 4 is 23.2 Å². The Labute approximate surface area is 115 Å². The summed E-state index contributed by atoms with van der Waals surface area (Å²) in [5.74, 6) is -0.104. The molecule has 2 aliphatic rings. The van der Waals surface area contributed by atoms with Gasteiger partial charge in [-0.25, -0.2) is 0 Å². The number of carbonyl (C=O) groups excluding carboxylic acids is 2. The third-order valence-electron chi connectivity index (χ3n) is 3.56. The minimum atomic E-state index is -0.315. The zero-order valence-electron chi connectivity index (χ0n) is 10.6. The van der Waals surface area contributed by atoms with Crippen LogP contribution in [0.2, 0.25) is 0 Å². The van der Waals surface area contributed by atoms with Crippen molar-refractivity contribution in [2.75, 3.05) is 13.1 Å². The highest BCUT2D eigenvalue weighted by molar-refractivity contribution is 7.12. The molecule has 1 aromatic heterocycles. The minimum absolute atomic E-state index is 0.0476. The number of aryl methyl sites for hydroxylation is 2. The highest BCUT2D eigenvalue weighted by Crippen LogP contribution is 2.30. The maximum atomic E-state index is 11.9. The first kappa shape index (κ1) is 12.6. The van der Waals surface area contributed by atoms with Gasteiger partial charge >= 0.3 is 0 Å². The van der Waals surface area contributed by atoms with E-state index in [-0.39, 0.29) is 24.4 Å². The first-order chi connectivity index (χ1) is 9.22. The Kier molecular flexibility index (Phi) is 3.52. The van der Waals surface area contributed by atoms with E-state index in [1.807, 2.05) is 0 Å². The molecule has 19 heavy (non-hydrogen) atoms. The van der Waals surface area contributed by atoms with Gasteiger partial charge in [-0.05, 0) is 30.9 Å². The monoisotopic (exact) mass is 279 g/mol. The smallest absolute Gasteiger partial charge is 0.239 e. The van der Waals surface area contributed by atoms with Crippen LogP contribution in [0.3, 0.4) is 0 Å². The van der Waals surface area contributed by atoms with Gasteiger partial charge in [-0.15, -0.1) is 11.3 Å². The number of hydrogen-bond donors (Lipinski definition) is 3. The number of nitrogens with one attached hydrogen (secondary N) is 3. The van der Waals surface area contributed by atoms with Crippen molar-refractivity contribution < 1.29 is 9.59 Å². The van der Waals surface area contributed by atoms with Gasteiger partial charge in [-0.2, -0.15) is 0 Å². The molecule has 0 aromatic carbocycles. The molecular weight excluding hydrogens is 262 g/mol. The zero-order chi connectivity index (χ0) is 13.2. The lowest BCUT2D eigenvalue weighted by Gasteiger charge is -2.22. The molecule has 1 aromatic rings. The molecule has 3 rings (SSSR count). The lowest BCUT2D eigenvalue weighted by atomic mass is 10.2. The van der Waals surface area contributed by atoms with E-state index in [2.05, 4.69) is 22.0 Å². The average molecular weight is 279 g/mol. The molecule has 1 aliphatic carbocycles. The summed E-state index contributed by atoms with van der Waals surface area (Å²) in [7, 11) is 0. The maximum absolute atomic E-state index is 11.9. The second kappa shape index (κ2) is 5.30. The summed E-state index contributed by atoms with van der Waals surface area (Å²) >= 11 is 1.81. The predicted octanol–water partition coefficient (Wildman–Crippen LogP) is -0.0590. The molecular formula is C13H17N3O2S. The van der Waals surface area contributed by atoms with Crippen LogP contribution in [-0.2, 0) is 29.0 Å². The zero-order valence-corrected chi connectivity index (χ0v) is 11.4. The van der Waals surface area contributed by atoms with Gasteiger partial charge in [-0.1, -0.05) is 0 Å². The van der Waals surface area contributed by atoms with Crippen LogP contribution in [0.1, 0.15) is 21.7 Å². The molecule has 0 saturated carbocycles. The summed E-state index contributed by atoms with van der Waals surface area (Å²) in [6, 6.07) is 1.90. The summed E-state index contributed by atoms with van der Waals surface area (Å²) in [6.45, 7) is 1.17. The van der Waals surface area contributed by atoms with Crippen LogP contribution in [-0.4, -0.2) is 30.9 Å². The lowest BCUT2D eigenvalue weighted by Crippen LogP contribution is -2.57. The molecule has 1 saturated heterocycles. The molecule has 0 radical (unpaired) electrons. The number of piperazine rings is 1. The number of hydrogen-bond acceptors (Lipinski definition) is 4. The molecule has 102 valence electrons. The molecule has 2 heterocycles. The Morgan fingerprint density at radius 3 is 3.11 bits per heavy atom. The van der Waals surface area contributed by atoms with Gasteiger partial charge < -0.3 is 10.6 Å². The van der Waals surface area contributed by atoms with E-state index >= 15 is 0 Å². The summed E-state index contributed by atoms with van der Waals surface area (Å²) < 4.78 is 0. The Hall–Kier alpha value is -1.40. The fraction of sp³-hybridized carbons (Fsp3) is 0.538. The first-order valence-electron chi connectivity index (χ1n) is 6.60. The number of thiophene rings is 1. The summed E-state index contributed by atoms with van der Waals surface area (Å²) in [6.07, 6.45) is 3.62. The maximum Gasteiger partial charge on any atom is 0.239 e. The molecule has 3 N–H and O–H groups in total. The molecule has 1 fully saturated rings. The molecule has 1 unspecified atom stereocenters. The minimum Gasteiger partial charge on any atom is -0.353 e. The van der Waals surface area contributed by atoms with Gasteiger partial charge in [-0.3, -0.25) is 14.9 Å². The highest BCUT2D eigenvalue weighted by atomic mass is 32.1. The molecule has 0 spiro atoms. The Morgan fingerprint density at radius 2 is 2.37 bits per heavy atom. The van der Waals surface area contributed by atoms with E-state index in [1.54, 1.807) is 11.3 Å². The fourth-order valence-corrected chi connectivity index (χ4v) is 3.73. The van der Waals surface area contributed by atoms with Crippen molar-refractivity contribution in [1.82, 2.24) is 16.0 Å². The molecule has 6 heteroatoms. The Morgan fingerprint density at radius 1 is 1.47 bits per heavy atom. The Balaban J connectivity index is 1.51. The topological polar surface area (TPSA) is 70.2 Å². The van der Waals surface area contributed by atoms with Crippen molar-refractivity contribution in [3.8, 4) is 0 Å². The first-order valence-corrected chi connectivity index (χ1v) is 7.42. The van der Waals surface area contributed by atoms with Crippen molar-refractivity contribution in [2.24, 2.45) is 0 Å². The number of rotatable bonds is 3. The number of carbonyl (C=O) groups is 2. The third-order valence-corrected chi connectivity index (χ3v) is 4.80. The summed E-state index contributed by atoms with van der Waals surface area (Å²) in [5, 5.41) is 8.54. The largest absolute Gasteiger partial charge is 0.353 e. The van der Waals surface area contributed by atoms with Crippen LogP contribution in [0.15, 0.2) is 6.07 Å². The van der Waals surface area contributed by atoms with E-state index < -0.39 is 0 Å². The summed E-state index contributed by atoms with van der Waals surface area (Å²) in [4.78, 5) is 25.6. The van der Waals surface area contributed by atoms with E-state index in [1.165, 1.54) is 34.6 Å². The second-order valence-corrected chi connectivity index (χ2v) is 6.19. The van der Waals surface area contributed by atoms with Gasteiger partial charge in [0.25, 0.3) is 0 Å². The number of fused-ring (bicyclic) bond motifs is 1. The van der Waals surface area contributed by atoms with Crippen molar-refractivity contribution in [3.05, 3.63) is 21.4 Å². The van der Waals surface area contributed by atoms with E-state index in [0.29, 0.717) is 13.1 Å². The molecule has 1 aliphatic heterocycles. The van der Waals surface area contributed by atoms with E-state index in [4.69, 9.17) is 0 Å². The summed E-state index contributed by atoms with van der Waals surface area (Å²) in [5.41, 5.74) is 1.46. The normalized spacial score (nSPS) is 21.9.